The van der Waals surface area contributed by atoms with Gasteiger partial charge < -0.3 is 31.2 Å². The second kappa shape index (κ2) is 26.1. The van der Waals surface area contributed by atoms with Crippen LogP contribution in [0.1, 0.15) is 29.5 Å². The van der Waals surface area contributed by atoms with Gasteiger partial charge in [0, 0.05) is 41.4 Å². The molecule has 0 saturated carbocycles. The molecular weight excluding hydrogens is 1150 g/mol. The molecule has 0 amide bonds. The highest BCUT2D eigenvalue weighted by atomic mass is 32.2. The number of ether oxygens (including phenoxy) is 2. The smallest absolute Gasteiger partial charge is 0.297 e. The maximum absolute atomic E-state index is 12.9. The van der Waals surface area contributed by atoms with Gasteiger partial charge in [0.15, 0.2) is 0 Å². The van der Waals surface area contributed by atoms with Crippen LogP contribution in [0.2, 0.25) is 0 Å². The minimum atomic E-state index is -5.28. The number of aryl methyl sites for hydroxylation is 3. The lowest BCUT2D eigenvalue weighted by molar-refractivity contribution is 0.317. The van der Waals surface area contributed by atoms with Gasteiger partial charge in [-0.05, 0) is 146 Å². The highest BCUT2D eigenvalue weighted by molar-refractivity contribution is 7.87. The summed E-state index contributed by atoms with van der Waals surface area (Å²) in [5.74, 6) is -1.54. The average Bonchev–Trinajstić information content (AvgIpc) is 3.39. The van der Waals surface area contributed by atoms with Crippen LogP contribution in [-0.4, -0.2) is 107 Å². The molecule has 11 N–H and O–H groups in total. The SMILES string of the molecule is CO.Cc1cc(N=Nc2cc3ccc(N)cc3cc2S(=O)(=O)O)c(C)cc1N=Nc1cc(C)c(N=Nc2ccc3c(OCCCS(=O)(=O)O)cc(S(=O)(=O)O)cc3c2S(=O)(=O)O)cc1OCCCS(=O)(=O)O.Nc1ccc(O)cc1. The Kier molecular flexibility index (Phi) is 20.6. The van der Waals surface area contributed by atoms with Gasteiger partial charge in [-0.25, -0.2) is 0 Å². The summed E-state index contributed by atoms with van der Waals surface area (Å²) in [6.45, 7) is 4.20. The van der Waals surface area contributed by atoms with Crippen LogP contribution in [-0.2, 0) is 50.6 Å². The van der Waals surface area contributed by atoms with Crippen LogP contribution >= 0.6 is 0 Å². The normalized spacial score (nSPS) is 12.4. The molecule has 0 heterocycles. The Balaban J connectivity index is 0.00000107. The lowest BCUT2D eigenvalue weighted by Crippen LogP contribution is -2.09. The maximum Gasteiger partial charge on any atom is 0.297 e. The van der Waals surface area contributed by atoms with Crippen molar-refractivity contribution in [3.8, 4) is 17.2 Å². The summed E-state index contributed by atoms with van der Waals surface area (Å²) in [4.78, 5) is -2.32. The Bertz CT molecular complexity index is 4130. The fourth-order valence-corrected chi connectivity index (χ4v) is 10.1. The number of azo groups is 3. The topological polar surface area (TPSA) is 457 Å². The molecular formula is C48H52N8O19S5. The molecule has 32 heteroatoms. The third-order valence-electron chi connectivity index (χ3n) is 10.9. The fourth-order valence-electron chi connectivity index (χ4n) is 7.13. The molecule has 0 aliphatic carbocycles. The molecule has 0 fully saturated rings. The molecule has 0 aliphatic rings. The highest BCUT2D eigenvalue weighted by Crippen LogP contribution is 2.42. The van der Waals surface area contributed by atoms with Gasteiger partial charge in [0.25, 0.3) is 50.6 Å². The molecule has 7 rings (SSSR count). The Hall–Kier alpha value is -7.63. The summed E-state index contributed by atoms with van der Waals surface area (Å²) >= 11 is 0. The van der Waals surface area contributed by atoms with Crippen molar-refractivity contribution in [3.63, 3.8) is 0 Å². The number of phenolic OH excluding ortho intramolecular Hbond substituents is 1. The van der Waals surface area contributed by atoms with Crippen LogP contribution in [0, 0.1) is 20.8 Å². The standard InChI is InChI=1S/C41H41N7O17S5.C6H7NO.CH4O/c1-23-15-34(45-48-37-18-26-6-7-28(42)17-27(26)19-40(37)69(58,59)60)24(2)14-33(23)44-47-36-16-25(3)35(22-39(36)65-11-5-13-67(52,53)54)46-43-32-9-8-30-31(41(32)70(61,62)63)20-29(68(55,56)57)21-38(30)64-10-4-12-66(49,50)51;7-5-1-3-6(8)4-2-5;1-2/h6-9,14-22H,4-5,10-13,42H2,1-3H3,(H,49,50,51)(H,52,53,54)(H,55,56,57)(H,58,59,60)(H,61,62,63);1-4,8H,7H2;2H,1H3. The summed E-state index contributed by atoms with van der Waals surface area (Å²) in [7, 11) is -22.8. The largest absolute Gasteiger partial charge is 0.508 e. The third kappa shape index (κ3) is 17.9. The Morgan fingerprint density at radius 1 is 0.438 bits per heavy atom. The maximum atomic E-state index is 12.9. The van der Waals surface area contributed by atoms with E-state index in [9.17, 15) is 60.3 Å². The van der Waals surface area contributed by atoms with E-state index in [1.807, 2.05) is 0 Å². The lowest BCUT2D eigenvalue weighted by atomic mass is 10.1. The minimum Gasteiger partial charge on any atom is -0.508 e. The van der Waals surface area contributed by atoms with Gasteiger partial charge in [-0.15, -0.1) is 15.3 Å². The second-order valence-electron chi connectivity index (χ2n) is 17.0. The lowest BCUT2D eigenvalue weighted by Gasteiger charge is -2.14. The summed E-state index contributed by atoms with van der Waals surface area (Å²) in [6, 6.07) is 23.7. The Labute approximate surface area is 459 Å². The fraction of sp³-hybridized carbons (Fsp3) is 0.208. The number of aliphatic hydroxyl groups excluding tert-OH is 1. The molecule has 27 nitrogen and oxygen atoms in total. The number of rotatable bonds is 19. The van der Waals surface area contributed by atoms with Crippen LogP contribution in [0.15, 0.2) is 149 Å². The number of nitrogens with zero attached hydrogens (tertiary/aromatic N) is 6. The molecule has 0 spiro atoms. The van der Waals surface area contributed by atoms with Crippen molar-refractivity contribution in [3.05, 3.63) is 120 Å². The molecule has 7 aromatic carbocycles. The van der Waals surface area contributed by atoms with Gasteiger partial charge >= 0.3 is 0 Å². The van der Waals surface area contributed by atoms with Gasteiger partial charge in [-0.1, -0.05) is 6.07 Å². The van der Waals surface area contributed by atoms with Crippen molar-refractivity contribution in [1.82, 2.24) is 0 Å². The van der Waals surface area contributed by atoms with Crippen LogP contribution in [0.5, 0.6) is 17.2 Å². The van der Waals surface area contributed by atoms with Crippen LogP contribution in [0.25, 0.3) is 21.5 Å². The van der Waals surface area contributed by atoms with E-state index in [1.165, 1.54) is 30.3 Å². The van der Waals surface area contributed by atoms with Gasteiger partial charge in [0.1, 0.15) is 44.1 Å². The number of hydrogen-bond acceptors (Lipinski definition) is 22. The molecule has 0 radical (unpaired) electrons. The second-order valence-corrected chi connectivity index (χ2v) is 24.3. The molecule has 0 bridgehead atoms. The van der Waals surface area contributed by atoms with Crippen molar-refractivity contribution in [1.29, 1.82) is 0 Å². The number of nitrogen functional groups attached to an aromatic ring is 2. The zero-order valence-corrected chi connectivity index (χ0v) is 46.5. The minimum absolute atomic E-state index is 0.00842. The van der Waals surface area contributed by atoms with Crippen LogP contribution in [0.4, 0.5) is 45.5 Å². The van der Waals surface area contributed by atoms with Crippen molar-refractivity contribution in [2.45, 2.75) is 48.3 Å². The number of anilines is 2. The van der Waals surface area contributed by atoms with Gasteiger partial charge in [0.05, 0.1) is 46.7 Å². The summed E-state index contributed by atoms with van der Waals surface area (Å²) in [5, 5.41) is 41.4. The first kappa shape index (κ1) is 63.2. The van der Waals surface area contributed by atoms with Crippen molar-refractivity contribution in [2.24, 2.45) is 30.7 Å². The first-order valence-corrected chi connectivity index (χ1v) is 30.3. The Morgan fingerprint density at radius 2 is 0.912 bits per heavy atom. The number of benzene rings is 7. The molecule has 7 aromatic rings. The quantitative estimate of drug-likeness (QED) is 0.0120. The number of nitrogens with two attached hydrogens (primary N) is 2. The van der Waals surface area contributed by atoms with Crippen molar-refractivity contribution >= 4 is 118 Å². The molecule has 0 saturated heterocycles. The number of aliphatic hydroxyl groups is 1. The summed E-state index contributed by atoms with van der Waals surface area (Å²) in [6.07, 6.45) is -0.461. The Morgan fingerprint density at radius 3 is 1.41 bits per heavy atom. The number of aromatic hydroxyl groups is 1. The zero-order valence-electron chi connectivity index (χ0n) is 42.5. The number of fused-ring (bicyclic) bond motifs is 2. The van der Waals surface area contributed by atoms with E-state index in [0.29, 0.717) is 50.2 Å². The summed E-state index contributed by atoms with van der Waals surface area (Å²) < 4.78 is 180. The molecule has 428 valence electrons. The van der Waals surface area contributed by atoms with Crippen molar-refractivity contribution in [2.75, 3.05) is 43.3 Å². The molecule has 0 aromatic heterocycles. The predicted molar refractivity (Wildman–Crippen MR) is 295 cm³/mol. The van der Waals surface area contributed by atoms with E-state index in [0.717, 1.165) is 25.3 Å². The number of phenols is 1. The molecule has 0 aliphatic heterocycles. The monoisotopic (exact) mass is 1200 g/mol. The van der Waals surface area contributed by atoms with Gasteiger partial charge in [0.2, 0.25) is 0 Å². The van der Waals surface area contributed by atoms with E-state index in [2.05, 4.69) is 30.7 Å². The van der Waals surface area contributed by atoms with Crippen molar-refractivity contribution < 1.29 is 84.5 Å². The van der Waals surface area contributed by atoms with E-state index in [-0.39, 0.29) is 59.1 Å². The average molecular weight is 1210 g/mol. The first-order chi connectivity index (χ1) is 37.3. The van der Waals surface area contributed by atoms with Gasteiger partial charge in [-0.3, -0.25) is 22.8 Å². The summed E-state index contributed by atoms with van der Waals surface area (Å²) in [5.41, 5.74) is 13.6. The molecule has 0 unspecified atom stereocenters. The van der Waals surface area contributed by atoms with Crippen LogP contribution < -0.4 is 20.9 Å². The zero-order chi connectivity index (χ0) is 59.5. The molecule has 0 atom stereocenters. The first-order valence-electron chi connectivity index (χ1n) is 22.8. The highest BCUT2D eigenvalue weighted by Gasteiger charge is 2.25. The van der Waals surface area contributed by atoms with E-state index >= 15 is 0 Å². The molecule has 80 heavy (non-hydrogen) atoms. The van der Waals surface area contributed by atoms with E-state index < -0.39 is 94.5 Å². The number of hydrogen-bond donors (Lipinski definition) is 9. The third-order valence-corrected chi connectivity index (χ3v) is 15.1. The predicted octanol–water partition coefficient (Wildman–Crippen LogP) is 9.38. The van der Waals surface area contributed by atoms with Gasteiger partial charge in [-0.2, -0.15) is 57.4 Å². The van der Waals surface area contributed by atoms with E-state index in [4.69, 9.17) is 35.7 Å². The van der Waals surface area contributed by atoms with E-state index in [1.54, 1.807) is 75.4 Å². The van der Waals surface area contributed by atoms with Crippen LogP contribution in [0.3, 0.4) is 0 Å².